The first-order valence-electron chi connectivity index (χ1n) is 6.92. The molecule has 0 amide bonds. The predicted octanol–water partition coefficient (Wildman–Crippen LogP) is 1.79. The van der Waals surface area contributed by atoms with Crippen LogP contribution in [0.15, 0.2) is 29.3 Å². The number of nitrogens with zero attached hydrogens (tertiary/aromatic N) is 1. The second-order valence-corrected chi connectivity index (χ2v) is 5.12. The van der Waals surface area contributed by atoms with Crippen LogP contribution < -0.4 is 10.1 Å². The fourth-order valence-corrected chi connectivity index (χ4v) is 2.66. The van der Waals surface area contributed by atoms with Crippen LogP contribution in [0.5, 0.6) is 5.75 Å². The van der Waals surface area contributed by atoms with Gasteiger partial charge in [0.05, 0.1) is 19.7 Å². The van der Waals surface area contributed by atoms with Crippen LogP contribution in [0.2, 0.25) is 0 Å². The van der Waals surface area contributed by atoms with Crippen LogP contribution in [-0.2, 0) is 11.2 Å². The summed E-state index contributed by atoms with van der Waals surface area (Å²) in [5, 5.41) is 3.43. The van der Waals surface area contributed by atoms with E-state index in [-0.39, 0.29) is 6.10 Å². The summed E-state index contributed by atoms with van der Waals surface area (Å²) in [5.74, 6) is 1.80. The maximum Gasteiger partial charge on any atom is 0.201 e. The van der Waals surface area contributed by atoms with Crippen molar-refractivity contribution >= 4 is 5.90 Å². The molecule has 2 aliphatic rings. The molecule has 1 aromatic carbocycles. The molecule has 0 aromatic heterocycles. The number of benzene rings is 1. The molecular formula is C15H20N2O2. The van der Waals surface area contributed by atoms with Gasteiger partial charge in [0, 0.05) is 6.42 Å². The second-order valence-electron chi connectivity index (χ2n) is 5.12. The number of ether oxygens (including phenoxy) is 2. The Kier molecular flexibility index (Phi) is 3.69. The van der Waals surface area contributed by atoms with Gasteiger partial charge in [-0.1, -0.05) is 12.1 Å². The number of methoxy groups -OCH3 is 1. The SMILES string of the molecule is COc1ccc(CC2CN=C(C3CCCN3)O2)cc1. The number of rotatable bonds is 4. The topological polar surface area (TPSA) is 42.8 Å². The Balaban J connectivity index is 1.54. The molecule has 0 bridgehead atoms. The molecule has 1 saturated heterocycles. The van der Waals surface area contributed by atoms with Gasteiger partial charge in [0.25, 0.3) is 0 Å². The zero-order valence-corrected chi connectivity index (χ0v) is 11.3. The Labute approximate surface area is 113 Å². The third-order valence-corrected chi connectivity index (χ3v) is 3.72. The molecule has 102 valence electrons. The number of nitrogens with one attached hydrogen (secondary N) is 1. The standard InChI is InChI=1S/C15H20N2O2/c1-18-12-6-4-11(5-7-12)9-13-10-17-15(19-13)14-3-2-8-16-14/h4-7,13-14,16H,2-3,8-10H2,1H3. The largest absolute Gasteiger partial charge is 0.497 e. The molecule has 4 nitrogen and oxygen atoms in total. The van der Waals surface area contributed by atoms with Crippen molar-refractivity contribution in [2.75, 3.05) is 20.2 Å². The Morgan fingerprint density at radius 3 is 2.89 bits per heavy atom. The monoisotopic (exact) mass is 260 g/mol. The summed E-state index contributed by atoms with van der Waals surface area (Å²) in [5.41, 5.74) is 1.27. The third kappa shape index (κ3) is 2.89. The highest BCUT2D eigenvalue weighted by Gasteiger charge is 2.28. The van der Waals surface area contributed by atoms with Gasteiger partial charge in [0.2, 0.25) is 5.90 Å². The Morgan fingerprint density at radius 2 is 2.21 bits per heavy atom. The van der Waals surface area contributed by atoms with Gasteiger partial charge < -0.3 is 14.8 Å². The van der Waals surface area contributed by atoms with Crippen molar-refractivity contribution in [3.8, 4) is 5.75 Å². The Morgan fingerprint density at radius 1 is 1.37 bits per heavy atom. The summed E-state index contributed by atoms with van der Waals surface area (Å²) in [7, 11) is 1.68. The summed E-state index contributed by atoms with van der Waals surface area (Å²) in [6.07, 6.45) is 3.46. The molecule has 1 fully saturated rings. The molecule has 1 aromatic rings. The van der Waals surface area contributed by atoms with Crippen LogP contribution in [-0.4, -0.2) is 38.2 Å². The number of aliphatic imine (C=N–C) groups is 1. The highest BCUT2D eigenvalue weighted by atomic mass is 16.5. The average Bonchev–Trinajstić information content (AvgIpc) is 3.10. The normalized spacial score (nSPS) is 26.1. The van der Waals surface area contributed by atoms with E-state index >= 15 is 0 Å². The first-order chi connectivity index (χ1) is 9.35. The molecule has 2 atom stereocenters. The molecule has 1 N–H and O–H groups in total. The summed E-state index contributed by atoms with van der Waals surface area (Å²) in [4.78, 5) is 4.54. The molecule has 3 rings (SSSR count). The van der Waals surface area contributed by atoms with Crippen molar-refractivity contribution in [2.24, 2.45) is 4.99 Å². The minimum Gasteiger partial charge on any atom is -0.497 e. The highest BCUT2D eigenvalue weighted by molar-refractivity contribution is 5.83. The van der Waals surface area contributed by atoms with Crippen molar-refractivity contribution in [3.05, 3.63) is 29.8 Å². The van der Waals surface area contributed by atoms with Crippen molar-refractivity contribution in [1.82, 2.24) is 5.32 Å². The maximum absolute atomic E-state index is 5.96. The lowest BCUT2D eigenvalue weighted by Gasteiger charge is -2.15. The average molecular weight is 260 g/mol. The van der Waals surface area contributed by atoms with Crippen LogP contribution in [0.25, 0.3) is 0 Å². The van der Waals surface area contributed by atoms with E-state index < -0.39 is 0 Å². The number of hydrogen-bond acceptors (Lipinski definition) is 4. The molecule has 2 unspecified atom stereocenters. The quantitative estimate of drug-likeness (QED) is 0.897. The van der Waals surface area contributed by atoms with E-state index in [9.17, 15) is 0 Å². The van der Waals surface area contributed by atoms with Crippen LogP contribution in [0.3, 0.4) is 0 Å². The molecular weight excluding hydrogens is 240 g/mol. The molecule has 19 heavy (non-hydrogen) atoms. The zero-order chi connectivity index (χ0) is 13.1. The van der Waals surface area contributed by atoms with Gasteiger partial charge in [-0.3, -0.25) is 4.99 Å². The van der Waals surface area contributed by atoms with Crippen molar-refractivity contribution in [2.45, 2.75) is 31.4 Å². The van der Waals surface area contributed by atoms with Gasteiger partial charge in [-0.2, -0.15) is 0 Å². The van der Waals surface area contributed by atoms with Gasteiger partial charge in [-0.05, 0) is 37.1 Å². The van der Waals surface area contributed by atoms with E-state index in [0.29, 0.717) is 6.04 Å². The van der Waals surface area contributed by atoms with Crippen LogP contribution >= 0.6 is 0 Å². The van der Waals surface area contributed by atoms with Crippen LogP contribution in [0.4, 0.5) is 0 Å². The van der Waals surface area contributed by atoms with E-state index in [2.05, 4.69) is 22.4 Å². The van der Waals surface area contributed by atoms with Crippen molar-refractivity contribution in [3.63, 3.8) is 0 Å². The summed E-state index contributed by atoms with van der Waals surface area (Å²) in [6, 6.07) is 8.51. The summed E-state index contributed by atoms with van der Waals surface area (Å²) in [6.45, 7) is 1.86. The van der Waals surface area contributed by atoms with Gasteiger partial charge in [0.1, 0.15) is 11.9 Å². The molecule has 0 aliphatic carbocycles. The van der Waals surface area contributed by atoms with Gasteiger partial charge >= 0.3 is 0 Å². The second kappa shape index (κ2) is 5.61. The fourth-order valence-electron chi connectivity index (χ4n) is 2.66. The van der Waals surface area contributed by atoms with Gasteiger partial charge in [-0.15, -0.1) is 0 Å². The van der Waals surface area contributed by atoms with Crippen molar-refractivity contribution < 1.29 is 9.47 Å². The minimum atomic E-state index is 0.186. The maximum atomic E-state index is 5.96. The van der Waals surface area contributed by atoms with Crippen LogP contribution in [0, 0.1) is 0 Å². The van der Waals surface area contributed by atoms with E-state index in [1.54, 1.807) is 7.11 Å². The smallest absolute Gasteiger partial charge is 0.201 e. The molecule has 0 spiro atoms. The lowest BCUT2D eigenvalue weighted by Crippen LogP contribution is -2.32. The summed E-state index contributed by atoms with van der Waals surface area (Å²) < 4.78 is 11.1. The molecule has 2 heterocycles. The van der Waals surface area contributed by atoms with E-state index in [4.69, 9.17) is 9.47 Å². The minimum absolute atomic E-state index is 0.186. The molecule has 0 radical (unpaired) electrons. The van der Waals surface area contributed by atoms with E-state index in [0.717, 1.165) is 37.6 Å². The highest BCUT2D eigenvalue weighted by Crippen LogP contribution is 2.18. The van der Waals surface area contributed by atoms with E-state index in [1.807, 2.05) is 12.1 Å². The fraction of sp³-hybridized carbons (Fsp3) is 0.533. The predicted molar refractivity (Wildman–Crippen MR) is 74.9 cm³/mol. The molecule has 2 aliphatic heterocycles. The lowest BCUT2D eigenvalue weighted by molar-refractivity contribution is 0.214. The van der Waals surface area contributed by atoms with E-state index in [1.165, 1.54) is 12.0 Å². The van der Waals surface area contributed by atoms with Crippen LogP contribution in [0.1, 0.15) is 18.4 Å². The zero-order valence-electron chi connectivity index (χ0n) is 11.3. The Hall–Kier alpha value is -1.55. The summed E-state index contributed by atoms with van der Waals surface area (Å²) >= 11 is 0. The first kappa shape index (κ1) is 12.5. The molecule has 4 heteroatoms. The van der Waals surface area contributed by atoms with Gasteiger partial charge in [-0.25, -0.2) is 0 Å². The molecule has 0 saturated carbocycles. The number of hydrogen-bond donors (Lipinski definition) is 1. The lowest BCUT2D eigenvalue weighted by atomic mass is 10.1. The first-order valence-corrected chi connectivity index (χ1v) is 6.92. The Bertz CT molecular complexity index is 450. The van der Waals surface area contributed by atoms with Crippen molar-refractivity contribution in [1.29, 1.82) is 0 Å². The third-order valence-electron chi connectivity index (χ3n) is 3.72. The van der Waals surface area contributed by atoms with Gasteiger partial charge in [0.15, 0.2) is 0 Å².